The molecule has 4 nitrogen and oxygen atoms in total. The Bertz CT molecular complexity index is 483. The zero-order valence-electron chi connectivity index (χ0n) is 10.6. The van der Waals surface area contributed by atoms with Crippen LogP contribution in [0.5, 0.6) is 0 Å². The maximum absolute atomic E-state index is 12.1. The molecule has 0 saturated heterocycles. The number of amides is 1. The van der Waals surface area contributed by atoms with Gasteiger partial charge in [0.05, 0.1) is 15.7 Å². The Morgan fingerprint density at radius 1 is 1.44 bits per heavy atom. The van der Waals surface area contributed by atoms with E-state index in [0.717, 1.165) is 0 Å². The fraction of sp³-hybridized carbons (Fsp3) is 0.417. The van der Waals surface area contributed by atoms with E-state index >= 15 is 0 Å². The molecule has 0 aliphatic rings. The first kappa shape index (κ1) is 15.2. The van der Waals surface area contributed by atoms with E-state index in [0.29, 0.717) is 15.1 Å². The van der Waals surface area contributed by atoms with E-state index in [1.165, 1.54) is 0 Å². The fourth-order valence-corrected chi connectivity index (χ4v) is 3.25. The summed E-state index contributed by atoms with van der Waals surface area (Å²) in [4.78, 5) is 12.3. The molecule has 18 heavy (non-hydrogen) atoms. The lowest BCUT2D eigenvalue weighted by Gasteiger charge is -2.20. The lowest BCUT2D eigenvalue weighted by molar-refractivity contribution is -0.119. The van der Waals surface area contributed by atoms with E-state index in [-0.39, 0.29) is 17.2 Å². The van der Waals surface area contributed by atoms with Crippen molar-refractivity contribution in [1.82, 2.24) is 5.32 Å². The van der Waals surface area contributed by atoms with Crippen LogP contribution in [0.3, 0.4) is 0 Å². The van der Waals surface area contributed by atoms with Gasteiger partial charge in [0.25, 0.3) is 0 Å². The summed E-state index contributed by atoms with van der Waals surface area (Å²) in [7, 11) is -1.38. The van der Waals surface area contributed by atoms with E-state index in [9.17, 15) is 9.00 Å². The molecular formula is C12H17BrN2O2S. The van der Waals surface area contributed by atoms with Crippen LogP contribution in [0.4, 0.5) is 5.69 Å². The molecule has 0 bridgehead atoms. The number of nitrogens with two attached hydrogens (primary N) is 1. The Morgan fingerprint density at radius 3 is 2.56 bits per heavy atom. The number of hydrogen-bond acceptors (Lipinski definition) is 3. The van der Waals surface area contributed by atoms with Gasteiger partial charge in [0.1, 0.15) is 5.75 Å². The largest absolute Gasteiger partial charge is 0.399 e. The van der Waals surface area contributed by atoms with Crippen molar-refractivity contribution in [2.24, 2.45) is 0 Å². The van der Waals surface area contributed by atoms with Crippen molar-refractivity contribution < 1.29 is 9.00 Å². The van der Waals surface area contributed by atoms with Crippen molar-refractivity contribution in [2.45, 2.75) is 31.2 Å². The highest BCUT2D eigenvalue weighted by molar-refractivity contribution is 9.10. The first-order chi connectivity index (χ1) is 8.19. The number of nitrogen functional groups attached to an aromatic ring is 1. The Labute approximate surface area is 118 Å². The zero-order chi connectivity index (χ0) is 13.9. The van der Waals surface area contributed by atoms with Crippen LogP contribution in [0.25, 0.3) is 0 Å². The average Bonchev–Trinajstić information content (AvgIpc) is 2.13. The average molecular weight is 333 g/mol. The number of halogens is 1. The topological polar surface area (TPSA) is 72.2 Å². The molecular weight excluding hydrogens is 316 g/mol. The molecule has 0 aliphatic heterocycles. The van der Waals surface area contributed by atoms with E-state index in [1.54, 1.807) is 18.2 Å². The van der Waals surface area contributed by atoms with Gasteiger partial charge in [-0.05, 0) is 54.9 Å². The number of anilines is 1. The molecule has 1 aromatic rings. The second kappa shape index (κ2) is 5.84. The highest BCUT2D eigenvalue weighted by atomic mass is 79.9. The third-order valence-corrected chi connectivity index (χ3v) is 4.27. The first-order valence-electron chi connectivity index (χ1n) is 5.43. The quantitative estimate of drug-likeness (QED) is 0.832. The lowest BCUT2D eigenvalue weighted by atomic mass is 10.1. The van der Waals surface area contributed by atoms with Crippen LogP contribution in [0.2, 0.25) is 0 Å². The number of nitrogens with one attached hydrogen (secondary N) is 1. The monoisotopic (exact) mass is 332 g/mol. The number of carbonyl (C=O) groups is 1. The number of carbonyl (C=O) groups excluding carboxylic acids is 1. The van der Waals surface area contributed by atoms with Crippen LogP contribution in [0.1, 0.15) is 20.8 Å². The van der Waals surface area contributed by atoms with Gasteiger partial charge in [-0.25, -0.2) is 0 Å². The minimum Gasteiger partial charge on any atom is -0.399 e. The van der Waals surface area contributed by atoms with Gasteiger partial charge in [0.2, 0.25) is 5.91 Å². The highest BCUT2D eigenvalue weighted by Gasteiger charge is 2.17. The predicted molar refractivity (Wildman–Crippen MR) is 77.7 cm³/mol. The molecule has 0 spiro atoms. The number of hydrogen-bond donors (Lipinski definition) is 2. The Morgan fingerprint density at radius 2 is 2.06 bits per heavy atom. The van der Waals surface area contributed by atoms with Crippen LogP contribution in [0.15, 0.2) is 27.6 Å². The van der Waals surface area contributed by atoms with Crippen LogP contribution in [0, 0.1) is 0 Å². The fourth-order valence-electron chi connectivity index (χ4n) is 1.35. The van der Waals surface area contributed by atoms with Crippen molar-refractivity contribution in [2.75, 3.05) is 11.5 Å². The van der Waals surface area contributed by atoms with E-state index in [2.05, 4.69) is 21.2 Å². The molecule has 1 rings (SSSR count). The molecule has 3 N–H and O–H groups in total. The highest BCUT2D eigenvalue weighted by Crippen LogP contribution is 2.23. The molecule has 100 valence electrons. The Hall–Kier alpha value is -0.880. The van der Waals surface area contributed by atoms with Crippen molar-refractivity contribution in [3.63, 3.8) is 0 Å². The summed E-state index contributed by atoms with van der Waals surface area (Å²) in [5.41, 5.74) is 5.87. The summed E-state index contributed by atoms with van der Waals surface area (Å²) in [5, 5.41) is 2.78. The first-order valence-corrected chi connectivity index (χ1v) is 7.54. The van der Waals surface area contributed by atoms with E-state index in [4.69, 9.17) is 5.73 Å². The third kappa shape index (κ3) is 4.78. The van der Waals surface area contributed by atoms with E-state index in [1.807, 2.05) is 20.8 Å². The Kier molecular flexibility index (Phi) is 4.92. The zero-order valence-corrected chi connectivity index (χ0v) is 13.0. The SMILES string of the molecule is CC(C)(C)NC(=O)CS(=O)c1ccc(N)cc1Br. The maximum Gasteiger partial charge on any atom is 0.233 e. The van der Waals surface area contributed by atoms with Gasteiger partial charge in [0, 0.05) is 15.7 Å². The predicted octanol–water partition coefficient (Wildman–Crippen LogP) is 2.05. The third-order valence-electron chi connectivity index (χ3n) is 1.98. The van der Waals surface area contributed by atoms with Gasteiger partial charge >= 0.3 is 0 Å². The second-order valence-electron chi connectivity index (χ2n) is 4.98. The van der Waals surface area contributed by atoms with Gasteiger partial charge in [-0.3, -0.25) is 9.00 Å². The molecule has 0 fully saturated rings. The normalized spacial score (nSPS) is 13.1. The van der Waals surface area contributed by atoms with Crippen molar-refractivity contribution >= 4 is 38.3 Å². The van der Waals surface area contributed by atoms with Gasteiger partial charge in [-0.2, -0.15) is 0 Å². The summed E-state index contributed by atoms with van der Waals surface area (Å²) in [5.74, 6) is -0.288. The molecule has 1 amide bonds. The second-order valence-corrected chi connectivity index (χ2v) is 7.25. The maximum atomic E-state index is 12.1. The minimum atomic E-state index is -1.38. The standard InChI is InChI=1S/C12H17BrN2O2S/c1-12(2,3)15-11(16)7-18(17)10-5-4-8(14)6-9(10)13/h4-6H,7,14H2,1-3H3,(H,15,16). The van der Waals surface area contributed by atoms with Crippen LogP contribution in [-0.4, -0.2) is 21.4 Å². The summed E-state index contributed by atoms with van der Waals surface area (Å²) >= 11 is 3.29. The van der Waals surface area contributed by atoms with Crippen LogP contribution in [-0.2, 0) is 15.6 Å². The number of benzene rings is 1. The van der Waals surface area contributed by atoms with Crippen molar-refractivity contribution in [3.8, 4) is 0 Å². The summed E-state index contributed by atoms with van der Waals surface area (Å²) in [6.45, 7) is 5.65. The summed E-state index contributed by atoms with van der Waals surface area (Å²) < 4.78 is 12.7. The summed E-state index contributed by atoms with van der Waals surface area (Å²) in [6.07, 6.45) is 0. The van der Waals surface area contributed by atoms with Crippen molar-refractivity contribution in [3.05, 3.63) is 22.7 Å². The molecule has 0 heterocycles. The molecule has 0 aromatic heterocycles. The van der Waals surface area contributed by atoms with Crippen LogP contribution >= 0.6 is 15.9 Å². The van der Waals surface area contributed by atoms with Crippen molar-refractivity contribution in [1.29, 1.82) is 0 Å². The van der Waals surface area contributed by atoms with Crippen LogP contribution < -0.4 is 11.1 Å². The molecule has 1 atom stereocenters. The minimum absolute atomic E-state index is 0.0558. The van der Waals surface area contributed by atoms with Gasteiger partial charge < -0.3 is 11.1 Å². The van der Waals surface area contributed by atoms with Gasteiger partial charge in [-0.1, -0.05) is 0 Å². The number of rotatable bonds is 3. The molecule has 6 heteroatoms. The molecule has 0 saturated carbocycles. The molecule has 0 aliphatic carbocycles. The summed E-state index contributed by atoms with van der Waals surface area (Å²) in [6, 6.07) is 5.01. The molecule has 1 aromatic carbocycles. The van der Waals surface area contributed by atoms with E-state index < -0.39 is 10.8 Å². The smallest absolute Gasteiger partial charge is 0.233 e. The van der Waals surface area contributed by atoms with Gasteiger partial charge in [0.15, 0.2) is 0 Å². The molecule has 0 radical (unpaired) electrons. The Balaban J connectivity index is 2.74. The van der Waals surface area contributed by atoms with Gasteiger partial charge in [-0.15, -0.1) is 0 Å². The molecule has 1 unspecified atom stereocenters. The lowest BCUT2D eigenvalue weighted by Crippen LogP contribution is -2.42.